The van der Waals surface area contributed by atoms with Crippen LogP contribution in [-0.4, -0.2) is 138 Å². The van der Waals surface area contributed by atoms with Gasteiger partial charge in [-0.1, -0.05) is 32.0 Å². The molecule has 0 bridgehead atoms. The summed E-state index contributed by atoms with van der Waals surface area (Å²) >= 11 is 0. The van der Waals surface area contributed by atoms with Gasteiger partial charge in [-0.2, -0.15) is 15.0 Å². The van der Waals surface area contributed by atoms with E-state index in [0.29, 0.717) is 120 Å². The molecular weight excluding hydrogens is 743 g/mol. The summed E-state index contributed by atoms with van der Waals surface area (Å²) in [5.74, 6) is 1.08. The first-order chi connectivity index (χ1) is 28.0. The Hall–Kier alpha value is -5.65. The van der Waals surface area contributed by atoms with Crippen LogP contribution in [0.5, 0.6) is 11.5 Å². The van der Waals surface area contributed by atoms with Gasteiger partial charge in [-0.25, -0.2) is 9.97 Å². The zero-order chi connectivity index (χ0) is 40.5. The van der Waals surface area contributed by atoms with Crippen molar-refractivity contribution >= 4 is 29.7 Å². The summed E-state index contributed by atoms with van der Waals surface area (Å²) in [4.78, 5) is 60.2. The van der Waals surface area contributed by atoms with E-state index in [0.717, 1.165) is 16.7 Å². The van der Waals surface area contributed by atoms with Crippen molar-refractivity contribution in [3.05, 3.63) is 70.5 Å². The number of morpholine rings is 1. The van der Waals surface area contributed by atoms with Gasteiger partial charge in [0.1, 0.15) is 11.5 Å². The van der Waals surface area contributed by atoms with Gasteiger partial charge in [-0.3, -0.25) is 14.5 Å². The van der Waals surface area contributed by atoms with Crippen molar-refractivity contribution in [3.8, 4) is 22.9 Å². The molecule has 0 spiro atoms. The fourth-order valence-corrected chi connectivity index (χ4v) is 8.40. The van der Waals surface area contributed by atoms with Gasteiger partial charge in [-0.15, -0.1) is 0 Å². The van der Waals surface area contributed by atoms with Crippen LogP contribution in [0.15, 0.2) is 42.7 Å². The Balaban J connectivity index is 0.874. The average molecular weight is 794 g/mol. The molecule has 0 aliphatic carbocycles. The number of piperazine rings is 1. The molecule has 5 N–H and O–H groups in total. The van der Waals surface area contributed by atoms with Gasteiger partial charge in [0, 0.05) is 89.8 Å². The maximum atomic E-state index is 14.0. The lowest BCUT2D eigenvalue weighted by Crippen LogP contribution is -2.58. The number of fused-ring (bicyclic) bond motifs is 1. The van der Waals surface area contributed by atoms with Crippen LogP contribution in [0.2, 0.25) is 0 Å². The highest BCUT2D eigenvalue weighted by molar-refractivity contribution is 5.97. The van der Waals surface area contributed by atoms with Crippen LogP contribution in [0, 0.1) is 5.92 Å². The lowest BCUT2D eigenvalue weighted by atomic mass is 9.94. The third-order valence-electron chi connectivity index (χ3n) is 11.7. The van der Waals surface area contributed by atoms with Crippen LogP contribution in [0.4, 0.5) is 17.8 Å². The number of nitrogens with zero attached hydrogens (tertiary/aromatic N) is 10. The number of carbonyl (C=O) groups is 2. The maximum absolute atomic E-state index is 14.0. The molecule has 8 rings (SSSR count). The Morgan fingerprint density at radius 1 is 0.862 bits per heavy atom. The highest BCUT2D eigenvalue weighted by Crippen LogP contribution is 2.35. The van der Waals surface area contributed by atoms with Crippen LogP contribution in [0.1, 0.15) is 65.2 Å². The van der Waals surface area contributed by atoms with Crippen LogP contribution >= 0.6 is 0 Å². The molecule has 4 aliphatic heterocycles. The van der Waals surface area contributed by atoms with E-state index in [-0.39, 0.29) is 59.3 Å². The number of aromatic hydroxyl groups is 2. The van der Waals surface area contributed by atoms with Gasteiger partial charge in [0.15, 0.2) is 5.82 Å². The third kappa shape index (κ3) is 8.19. The molecular formula is C41H51N11O6. The van der Waals surface area contributed by atoms with Gasteiger partial charge in [-0.05, 0) is 47.1 Å². The van der Waals surface area contributed by atoms with Gasteiger partial charge in [0.2, 0.25) is 23.8 Å². The molecule has 2 amide bonds. The van der Waals surface area contributed by atoms with Gasteiger partial charge >= 0.3 is 0 Å². The van der Waals surface area contributed by atoms with E-state index in [9.17, 15) is 24.9 Å². The third-order valence-corrected chi connectivity index (χ3v) is 11.7. The number of aliphatic hydroxyl groups is 1. The van der Waals surface area contributed by atoms with E-state index in [4.69, 9.17) is 25.4 Å². The minimum absolute atomic E-state index is 0.00826. The molecule has 4 aromatic rings. The number of rotatable bonds is 9. The Bertz CT molecular complexity index is 2140. The number of aliphatic hydroxyl groups excluding tert-OH is 1. The number of ether oxygens (including phenoxy) is 1. The second kappa shape index (κ2) is 16.7. The normalized spacial score (nSPS) is 19.2. The molecule has 306 valence electrons. The number of amides is 2. The molecule has 58 heavy (non-hydrogen) atoms. The monoisotopic (exact) mass is 793 g/mol. The zero-order valence-corrected chi connectivity index (χ0v) is 33.0. The van der Waals surface area contributed by atoms with E-state index >= 15 is 0 Å². The number of carbonyl (C=O) groups excluding carboxylic acids is 2. The van der Waals surface area contributed by atoms with Crippen molar-refractivity contribution < 1.29 is 29.6 Å². The minimum atomic E-state index is -0.320. The van der Waals surface area contributed by atoms with Crippen LogP contribution in [-0.2, 0) is 29.2 Å². The maximum Gasteiger partial charge on any atom is 0.258 e. The fraction of sp³-hybridized carbons (Fsp3) is 0.488. The van der Waals surface area contributed by atoms with Crippen LogP contribution in [0.25, 0.3) is 11.4 Å². The number of nitrogen functional groups attached to an aromatic ring is 1. The lowest BCUT2D eigenvalue weighted by molar-refractivity contribution is -0.142. The number of hydrogen-bond acceptors (Lipinski definition) is 15. The summed E-state index contributed by atoms with van der Waals surface area (Å²) in [5, 5.41) is 31.3. The Morgan fingerprint density at radius 2 is 1.55 bits per heavy atom. The Kier molecular flexibility index (Phi) is 11.3. The predicted molar refractivity (Wildman–Crippen MR) is 215 cm³/mol. The number of piperidine rings is 1. The molecule has 17 nitrogen and oxygen atoms in total. The molecule has 6 heterocycles. The Morgan fingerprint density at radius 3 is 2.24 bits per heavy atom. The fourth-order valence-electron chi connectivity index (χ4n) is 8.40. The number of phenols is 2. The van der Waals surface area contributed by atoms with Crippen molar-refractivity contribution in [2.24, 2.45) is 5.92 Å². The van der Waals surface area contributed by atoms with Gasteiger partial charge in [0.25, 0.3) is 5.91 Å². The SMILES string of the molecule is CC(C)c1cc(C(=O)N2Cc3ccc(CN4CCN(C(=O)C5CCN(c6nc(-c7cnc(N)nc7)nc(N7CCOCC7)n6)CC5)[C@H](CO)C4)cc3C2)c(O)cc1O. The molecule has 1 atom stereocenters. The summed E-state index contributed by atoms with van der Waals surface area (Å²) in [7, 11) is 0. The van der Waals surface area contributed by atoms with Crippen molar-refractivity contribution in [1.29, 1.82) is 0 Å². The summed E-state index contributed by atoms with van der Waals surface area (Å²) in [6, 6.07) is 8.77. The van der Waals surface area contributed by atoms with Crippen LogP contribution < -0.4 is 15.5 Å². The first-order valence-electron chi connectivity index (χ1n) is 20.1. The number of hydrogen-bond donors (Lipinski definition) is 4. The molecule has 0 saturated carbocycles. The second-order valence-electron chi connectivity index (χ2n) is 15.9. The molecule has 17 heteroatoms. The number of anilines is 3. The highest BCUT2D eigenvalue weighted by atomic mass is 16.5. The quantitative estimate of drug-likeness (QED) is 0.192. The lowest BCUT2D eigenvalue weighted by Gasteiger charge is -2.43. The van der Waals surface area contributed by atoms with Gasteiger partial charge < -0.3 is 45.4 Å². The minimum Gasteiger partial charge on any atom is -0.508 e. The van der Waals surface area contributed by atoms with Crippen molar-refractivity contribution in [2.45, 2.75) is 58.3 Å². The number of nitrogens with two attached hydrogens (primary N) is 1. The molecule has 2 aromatic carbocycles. The standard InChI is InChI=1S/C41H51N11O6/c1-25(2)32-16-33(35(55)17-34(32)54)38(57)51-21-28-4-3-26(15-29(28)22-51)20-48-9-10-52(31(23-48)24-53)37(56)27-5-7-49(8-6-27)40-45-36(30-18-43-39(42)44-19-30)46-41(47-40)50-11-13-58-14-12-50/h3-4,15-19,25,27,31,53-55H,5-14,20-24H2,1-2H3,(H2,42,43,44)/t31-/m0/s1. The van der Waals surface area contributed by atoms with Crippen molar-refractivity contribution in [3.63, 3.8) is 0 Å². The molecule has 2 aromatic heterocycles. The van der Waals surface area contributed by atoms with E-state index in [1.807, 2.05) is 18.7 Å². The molecule has 3 saturated heterocycles. The van der Waals surface area contributed by atoms with E-state index in [1.54, 1.807) is 23.4 Å². The number of phenolic OH excluding ortho intramolecular Hbond substituents is 2. The van der Waals surface area contributed by atoms with Crippen molar-refractivity contribution in [2.75, 3.05) is 81.2 Å². The van der Waals surface area contributed by atoms with Gasteiger partial charge in [0.05, 0.1) is 37.0 Å². The molecule has 0 radical (unpaired) electrons. The molecule has 0 unspecified atom stereocenters. The number of aromatic nitrogens is 5. The smallest absolute Gasteiger partial charge is 0.258 e. The van der Waals surface area contributed by atoms with Crippen LogP contribution in [0.3, 0.4) is 0 Å². The van der Waals surface area contributed by atoms with E-state index in [2.05, 4.69) is 42.9 Å². The largest absolute Gasteiger partial charge is 0.508 e. The van der Waals surface area contributed by atoms with E-state index < -0.39 is 0 Å². The summed E-state index contributed by atoms with van der Waals surface area (Å²) in [6.07, 6.45) is 4.48. The average Bonchev–Trinajstić information content (AvgIpc) is 3.67. The van der Waals surface area contributed by atoms with Crippen molar-refractivity contribution in [1.82, 2.24) is 39.6 Å². The topological polar surface area (TPSA) is 211 Å². The predicted octanol–water partition coefficient (Wildman–Crippen LogP) is 2.36. The molecule has 3 fully saturated rings. The Labute approximate surface area is 337 Å². The summed E-state index contributed by atoms with van der Waals surface area (Å²) in [6.45, 7) is 10.7. The first-order valence-corrected chi connectivity index (χ1v) is 20.1. The molecule has 4 aliphatic rings. The first kappa shape index (κ1) is 39.2. The summed E-state index contributed by atoms with van der Waals surface area (Å²) < 4.78 is 5.54. The highest BCUT2D eigenvalue weighted by Gasteiger charge is 2.36. The summed E-state index contributed by atoms with van der Waals surface area (Å²) in [5.41, 5.74) is 10.4. The zero-order valence-electron chi connectivity index (χ0n) is 33.0. The van der Waals surface area contributed by atoms with E-state index in [1.165, 1.54) is 6.07 Å². The number of benzene rings is 2. The second-order valence-corrected chi connectivity index (χ2v) is 15.9.